The summed E-state index contributed by atoms with van der Waals surface area (Å²) in [6, 6.07) is 8.07. The Labute approximate surface area is 101 Å². The third-order valence-electron chi connectivity index (χ3n) is 2.95. The Kier molecular flexibility index (Phi) is 3.29. The van der Waals surface area contributed by atoms with Gasteiger partial charge in [0.15, 0.2) is 0 Å². The number of likely N-dealkylation sites (N-methyl/N-ethyl adjacent to an activating group) is 1. The van der Waals surface area contributed by atoms with Crippen molar-refractivity contribution in [3.63, 3.8) is 0 Å². The molecule has 0 saturated heterocycles. The van der Waals surface area contributed by atoms with Crippen LogP contribution in [0.3, 0.4) is 0 Å². The van der Waals surface area contributed by atoms with Crippen molar-refractivity contribution in [2.45, 2.75) is 19.3 Å². The number of rotatable bonds is 4. The van der Waals surface area contributed by atoms with E-state index in [1.165, 1.54) is 0 Å². The topological polar surface area (TPSA) is 56.1 Å². The van der Waals surface area contributed by atoms with Crippen molar-refractivity contribution in [2.75, 3.05) is 23.8 Å². The van der Waals surface area contributed by atoms with Crippen LogP contribution in [-0.2, 0) is 11.2 Å². The zero-order chi connectivity index (χ0) is 12.3. The lowest BCUT2D eigenvalue weighted by molar-refractivity contribution is -0.117. The van der Waals surface area contributed by atoms with E-state index < -0.39 is 0 Å². The van der Waals surface area contributed by atoms with Gasteiger partial charge < -0.3 is 10.2 Å². The van der Waals surface area contributed by atoms with Gasteiger partial charge in [0.25, 0.3) is 0 Å². The molecule has 0 saturated carbocycles. The zero-order valence-corrected chi connectivity index (χ0v) is 9.86. The first-order chi connectivity index (χ1) is 8.22. The first-order valence-electron chi connectivity index (χ1n) is 5.72. The smallest absolute Gasteiger partial charge is 0.231 e. The maximum atomic E-state index is 11.5. The molecule has 1 aromatic rings. The van der Waals surface area contributed by atoms with Crippen molar-refractivity contribution in [3.05, 3.63) is 23.8 Å². The lowest BCUT2D eigenvalue weighted by atomic mass is 10.1. The van der Waals surface area contributed by atoms with Crippen LogP contribution in [0.15, 0.2) is 18.2 Å². The molecule has 0 unspecified atom stereocenters. The Morgan fingerprint density at radius 1 is 1.53 bits per heavy atom. The summed E-state index contributed by atoms with van der Waals surface area (Å²) in [5, 5.41) is 11.7. The highest BCUT2D eigenvalue weighted by Gasteiger charge is 2.23. The van der Waals surface area contributed by atoms with E-state index in [0.29, 0.717) is 12.8 Å². The van der Waals surface area contributed by atoms with Crippen LogP contribution in [0.2, 0.25) is 0 Å². The molecule has 4 nitrogen and oxygen atoms in total. The summed E-state index contributed by atoms with van der Waals surface area (Å²) < 4.78 is 0. The molecular formula is C13H15N3O. The quantitative estimate of drug-likeness (QED) is 0.802. The number of unbranched alkanes of at least 4 members (excludes halogenated alkanes) is 1. The maximum Gasteiger partial charge on any atom is 0.231 e. The van der Waals surface area contributed by atoms with E-state index in [0.717, 1.165) is 29.9 Å². The number of nitriles is 1. The van der Waals surface area contributed by atoms with Crippen LogP contribution in [0.5, 0.6) is 0 Å². The van der Waals surface area contributed by atoms with Crippen LogP contribution in [-0.4, -0.2) is 19.5 Å². The van der Waals surface area contributed by atoms with E-state index in [4.69, 9.17) is 5.26 Å². The number of carbonyl (C=O) groups is 1. The summed E-state index contributed by atoms with van der Waals surface area (Å²) in [7, 11) is 1.80. The molecule has 0 aromatic heterocycles. The maximum absolute atomic E-state index is 11.5. The van der Waals surface area contributed by atoms with Crippen LogP contribution in [0, 0.1) is 11.3 Å². The molecule has 1 amide bonds. The lowest BCUT2D eigenvalue weighted by Gasteiger charge is -2.11. The Balaban J connectivity index is 2.01. The average molecular weight is 229 g/mol. The third kappa shape index (κ3) is 2.39. The van der Waals surface area contributed by atoms with E-state index in [2.05, 4.69) is 11.4 Å². The Morgan fingerprint density at radius 2 is 2.35 bits per heavy atom. The molecule has 0 fully saturated rings. The van der Waals surface area contributed by atoms with E-state index in [1.807, 2.05) is 18.2 Å². The van der Waals surface area contributed by atoms with Crippen LogP contribution in [0.4, 0.5) is 11.4 Å². The second kappa shape index (κ2) is 4.88. The molecule has 1 aliphatic rings. The summed E-state index contributed by atoms with van der Waals surface area (Å²) in [6.45, 7) is 0.788. The second-order valence-electron chi connectivity index (χ2n) is 4.16. The molecule has 88 valence electrons. The minimum Gasteiger partial charge on any atom is -0.385 e. The number of benzene rings is 1. The Bertz CT molecular complexity index is 476. The van der Waals surface area contributed by atoms with Gasteiger partial charge in [-0.2, -0.15) is 5.26 Å². The number of hydrogen-bond donors (Lipinski definition) is 1. The molecule has 17 heavy (non-hydrogen) atoms. The molecule has 0 atom stereocenters. The number of nitrogens with one attached hydrogen (secondary N) is 1. The van der Waals surface area contributed by atoms with Crippen LogP contribution in [0.1, 0.15) is 18.4 Å². The summed E-state index contributed by atoms with van der Waals surface area (Å²) in [5.41, 5.74) is 3.09. The molecule has 1 N–H and O–H groups in total. The van der Waals surface area contributed by atoms with Crippen molar-refractivity contribution in [3.8, 4) is 6.07 Å². The van der Waals surface area contributed by atoms with Gasteiger partial charge in [-0.15, -0.1) is 0 Å². The minimum atomic E-state index is 0.140. The van der Waals surface area contributed by atoms with Crippen molar-refractivity contribution in [1.82, 2.24) is 0 Å². The number of nitrogens with zero attached hydrogens (tertiary/aromatic N) is 2. The highest BCUT2D eigenvalue weighted by Crippen LogP contribution is 2.29. The van der Waals surface area contributed by atoms with E-state index in [1.54, 1.807) is 11.9 Å². The second-order valence-corrected chi connectivity index (χ2v) is 4.16. The fourth-order valence-electron chi connectivity index (χ4n) is 1.98. The van der Waals surface area contributed by atoms with E-state index in [-0.39, 0.29) is 5.91 Å². The van der Waals surface area contributed by atoms with Crippen molar-refractivity contribution >= 4 is 17.3 Å². The Morgan fingerprint density at radius 3 is 3.12 bits per heavy atom. The van der Waals surface area contributed by atoms with Gasteiger partial charge in [0.05, 0.1) is 12.5 Å². The van der Waals surface area contributed by atoms with E-state index in [9.17, 15) is 4.79 Å². The summed E-state index contributed by atoms with van der Waals surface area (Å²) in [4.78, 5) is 13.2. The number of anilines is 2. The average Bonchev–Trinajstić information content (AvgIpc) is 2.61. The van der Waals surface area contributed by atoms with Crippen molar-refractivity contribution in [2.24, 2.45) is 0 Å². The zero-order valence-electron chi connectivity index (χ0n) is 9.86. The molecule has 1 aliphatic heterocycles. The molecule has 2 rings (SSSR count). The monoisotopic (exact) mass is 229 g/mol. The van der Waals surface area contributed by atoms with Crippen LogP contribution < -0.4 is 10.2 Å². The van der Waals surface area contributed by atoms with E-state index >= 15 is 0 Å². The standard InChI is InChI=1S/C13H15N3O/c1-16-12-5-4-11(15-7-3-2-6-14)8-10(12)9-13(16)17/h4-5,8,15H,2-3,7,9H2,1H3. The third-order valence-corrected chi connectivity index (χ3v) is 2.95. The van der Waals surface area contributed by atoms with Crippen molar-refractivity contribution < 1.29 is 4.79 Å². The van der Waals surface area contributed by atoms with Gasteiger partial charge >= 0.3 is 0 Å². The number of carbonyl (C=O) groups excluding carboxylic acids is 1. The van der Waals surface area contributed by atoms with Gasteiger partial charge in [0, 0.05) is 31.4 Å². The number of fused-ring (bicyclic) bond motifs is 1. The van der Waals surface area contributed by atoms with Crippen LogP contribution in [0.25, 0.3) is 0 Å². The minimum absolute atomic E-state index is 0.140. The SMILES string of the molecule is CN1C(=O)Cc2cc(NCCCC#N)ccc21. The fourth-order valence-corrected chi connectivity index (χ4v) is 1.98. The molecular weight excluding hydrogens is 214 g/mol. The highest BCUT2D eigenvalue weighted by molar-refractivity contribution is 6.01. The predicted molar refractivity (Wildman–Crippen MR) is 66.9 cm³/mol. The van der Waals surface area contributed by atoms with Gasteiger partial charge in [0.2, 0.25) is 5.91 Å². The largest absolute Gasteiger partial charge is 0.385 e. The number of hydrogen-bond acceptors (Lipinski definition) is 3. The van der Waals surface area contributed by atoms with Gasteiger partial charge in [-0.3, -0.25) is 4.79 Å². The van der Waals surface area contributed by atoms with Gasteiger partial charge in [-0.05, 0) is 30.2 Å². The molecule has 0 bridgehead atoms. The summed E-state index contributed by atoms with van der Waals surface area (Å²) in [6.07, 6.45) is 1.89. The Hall–Kier alpha value is -2.02. The first-order valence-corrected chi connectivity index (χ1v) is 5.72. The summed E-state index contributed by atoms with van der Waals surface area (Å²) >= 11 is 0. The molecule has 0 aliphatic carbocycles. The molecule has 4 heteroatoms. The lowest BCUT2D eigenvalue weighted by Crippen LogP contribution is -2.20. The normalized spacial score (nSPS) is 13.4. The fraction of sp³-hybridized carbons (Fsp3) is 0.385. The van der Waals surface area contributed by atoms with Crippen LogP contribution >= 0.6 is 0 Å². The molecule has 1 heterocycles. The molecule has 1 aromatic carbocycles. The molecule has 0 spiro atoms. The molecule has 0 radical (unpaired) electrons. The van der Waals surface area contributed by atoms with Gasteiger partial charge in [0.1, 0.15) is 0 Å². The number of amides is 1. The first kappa shape index (κ1) is 11.5. The summed E-state index contributed by atoms with van der Waals surface area (Å²) in [5.74, 6) is 0.140. The predicted octanol–water partition coefficient (Wildman–Crippen LogP) is 1.92. The van der Waals surface area contributed by atoms with Gasteiger partial charge in [-0.25, -0.2) is 0 Å². The van der Waals surface area contributed by atoms with Gasteiger partial charge in [-0.1, -0.05) is 0 Å². The highest BCUT2D eigenvalue weighted by atomic mass is 16.2. The van der Waals surface area contributed by atoms with Crippen molar-refractivity contribution in [1.29, 1.82) is 5.26 Å².